The standard InChI is InChI=1S/C29H34N2O6S/c1-34-24-10-5-4-8-22(24)29(33)31(23-9-6-7-13-30-28(23)32)18-21-16-25(35-2)27(26(17-21)36-3)37-14-11-20-12-15-38-19-20/h4-5,8,10,12,15-17,19,23H,6-7,9,11,13-14,18H2,1-3H3,(H,30,32)/t23-/m0/s1. The minimum Gasteiger partial charge on any atom is -0.496 e. The summed E-state index contributed by atoms with van der Waals surface area (Å²) in [6.45, 7) is 1.24. The van der Waals surface area contributed by atoms with Gasteiger partial charge in [-0.2, -0.15) is 11.3 Å². The Morgan fingerprint density at radius 3 is 2.42 bits per heavy atom. The van der Waals surface area contributed by atoms with Crippen LogP contribution < -0.4 is 24.3 Å². The summed E-state index contributed by atoms with van der Waals surface area (Å²) < 4.78 is 22.8. The average Bonchev–Trinajstić information content (AvgIpc) is 3.38. The summed E-state index contributed by atoms with van der Waals surface area (Å²) in [4.78, 5) is 28.6. The lowest BCUT2D eigenvalue weighted by Crippen LogP contribution is -2.48. The van der Waals surface area contributed by atoms with Gasteiger partial charge in [0.2, 0.25) is 11.7 Å². The van der Waals surface area contributed by atoms with Crippen molar-refractivity contribution in [1.29, 1.82) is 0 Å². The lowest BCUT2D eigenvalue weighted by Gasteiger charge is -2.31. The van der Waals surface area contributed by atoms with Gasteiger partial charge in [-0.05, 0) is 71.5 Å². The minimum atomic E-state index is -0.617. The van der Waals surface area contributed by atoms with Crippen LogP contribution in [0.1, 0.15) is 40.7 Å². The molecule has 1 aromatic heterocycles. The average molecular weight is 539 g/mol. The predicted molar refractivity (Wildman–Crippen MR) is 147 cm³/mol. The van der Waals surface area contributed by atoms with Gasteiger partial charge >= 0.3 is 0 Å². The number of hydrogen-bond donors (Lipinski definition) is 1. The summed E-state index contributed by atoms with van der Waals surface area (Å²) in [5.41, 5.74) is 2.36. The molecule has 8 nitrogen and oxygen atoms in total. The number of rotatable bonds is 11. The van der Waals surface area contributed by atoms with Crippen molar-refractivity contribution < 1.29 is 28.5 Å². The van der Waals surface area contributed by atoms with Gasteiger partial charge in [0.05, 0.1) is 33.5 Å². The summed E-state index contributed by atoms with van der Waals surface area (Å²) in [6.07, 6.45) is 3.04. The van der Waals surface area contributed by atoms with Crippen molar-refractivity contribution in [3.8, 4) is 23.0 Å². The van der Waals surface area contributed by atoms with E-state index in [1.54, 1.807) is 48.7 Å². The van der Waals surface area contributed by atoms with Crippen LogP contribution in [0.2, 0.25) is 0 Å². The minimum absolute atomic E-state index is 0.155. The van der Waals surface area contributed by atoms with Gasteiger partial charge in [0, 0.05) is 19.5 Å². The molecule has 0 aliphatic carbocycles. The zero-order valence-corrected chi connectivity index (χ0v) is 22.8. The number of carbonyl (C=O) groups is 2. The Hall–Kier alpha value is -3.72. The number of nitrogens with one attached hydrogen (secondary N) is 1. The second-order valence-corrected chi connectivity index (χ2v) is 9.78. The number of thiophene rings is 1. The number of hydrogen-bond acceptors (Lipinski definition) is 7. The molecule has 0 radical (unpaired) electrons. The molecule has 0 spiro atoms. The molecule has 9 heteroatoms. The molecule has 0 bridgehead atoms. The first-order valence-electron chi connectivity index (χ1n) is 12.7. The predicted octanol–water partition coefficient (Wildman–Crippen LogP) is 4.71. The van der Waals surface area contributed by atoms with Crippen molar-refractivity contribution >= 4 is 23.2 Å². The number of benzene rings is 2. The van der Waals surface area contributed by atoms with E-state index in [4.69, 9.17) is 18.9 Å². The highest BCUT2D eigenvalue weighted by molar-refractivity contribution is 7.07. The van der Waals surface area contributed by atoms with Crippen LogP contribution in [0.25, 0.3) is 0 Å². The molecule has 38 heavy (non-hydrogen) atoms. The second-order valence-electron chi connectivity index (χ2n) is 9.00. The SMILES string of the molecule is COc1ccccc1C(=O)N(Cc1cc(OC)c(OCCc2ccsc2)c(OC)c1)[C@H]1CCCCNC1=O. The molecule has 2 aromatic carbocycles. The fourth-order valence-corrected chi connectivity index (χ4v) is 5.29. The molecular formula is C29H34N2O6S. The Bertz CT molecular complexity index is 1200. The van der Waals surface area contributed by atoms with Crippen LogP contribution in [-0.2, 0) is 17.8 Å². The maximum Gasteiger partial charge on any atom is 0.258 e. The number of amides is 2. The van der Waals surface area contributed by atoms with E-state index in [1.165, 1.54) is 12.7 Å². The van der Waals surface area contributed by atoms with Gasteiger partial charge in [0.1, 0.15) is 11.8 Å². The van der Waals surface area contributed by atoms with E-state index in [-0.39, 0.29) is 18.4 Å². The van der Waals surface area contributed by atoms with Crippen molar-refractivity contribution in [2.24, 2.45) is 0 Å². The third-order valence-corrected chi connectivity index (χ3v) is 7.30. The van der Waals surface area contributed by atoms with Gasteiger partial charge in [-0.15, -0.1) is 0 Å². The molecule has 1 N–H and O–H groups in total. The fraction of sp³-hybridized carbons (Fsp3) is 0.379. The molecule has 202 valence electrons. The highest BCUT2D eigenvalue weighted by Gasteiger charge is 2.33. The number of methoxy groups -OCH3 is 3. The summed E-state index contributed by atoms with van der Waals surface area (Å²) in [7, 11) is 4.67. The highest BCUT2D eigenvalue weighted by Crippen LogP contribution is 2.39. The Labute approximate surface area is 227 Å². The Morgan fingerprint density at radius 2 is 1.74 bits per heavy atom. The van der Waals surface area contributed by atoms with E-state index < -0.39 is 6.04 Å². The number of carbonyl (C=O) groups excluding carboxylic acids is 2. The molecule has 1 fully saturated rings. The number of para-hydroxylation sites is 1. The van der Waals surface area contributed by atoms with Gasteiger partial charge in [-0.1, -0.05) is 12.1 Å². The lowest BCUT2D eigenvalue weighted by atomic mass is 10.0. The Balaban J connectivity index is 1.65. The van der Waals surface area contributed by atoms with Crippen molar-refractivity contribution in [3.63, 3.8) is 0 Å². The molecule has 1 atom stereocenters. The van der Waals surface area contributed by atoms with E-state index in [9.17, 15) is 9.59 Å². The Morgan fingerprint density at radius 1 is 1.00 bits per heavy atom. The normalized spacial score (nSPS) is 15.2. The van der Waals surface area contributed by atoms with Crippen molar-refractivity contribution in [2.75, 3.05) is 34.5 Å². The van der Waals surface area contributed by atoms with E-state index in [2.05, 4.69) is 16.8 Å². The second kappa shape index (κ2) is 13.2. The first-order chi connectivity index (χ1) is 18.5. The molecule has 4 rings (SSSR count). The van der Waals surface area contributed by atoms with Crippen LogP contribution >= 0.6 is 11.3 Å². The van der Waals surface area contributed by atoms with Crippen LogP contribution in [0.3, 0.4) is 0 Å². The largest absolute Gasteiger partial charge is 0.496 e. The third kappa shape index (κ3) is 6.39. The van der Waals surface area contributed by atoms with E-state index in [1.807, 2.05) is 23.6 Å². The number of ether oxygens (including phenoxy) is 4. The zero-order chi connectivity index (χ0) is 26.9. The summed E-state index contributed by atoms with van der Waals surface area (Å²) in [6, 6.07) is 12.2. The lowest BCUT2D eigenvalue weighted by molar-refractivity contribution is -0.125. The van der Waals surface area contributed by atoms with Crippen molar-refractivity contribution in [2.45, 2.75) is 38.3 Å². The van der Waals surface area contributed by atoms with Crippen LogP contribution in [0.5, 0.6) is 23.0 Å². The molecule has 0 saturated carbocycles. The van der Waals surface area contributed by atoms with Crippen LogP contribution in [0.15, 0.2) is 53.2 Å². The zero-order valence-electron chi connectivity index (χ0n) is 22.0. The van der Waals surface area contributed by atoms with Crippen molar-refractivity contribution in [3.05, 3.63) is 69.9 Å². The molecule has 2 amide bonds. The maximum absolute atomic E-state index is 13.9. The fourth-order valence-electron chi connectivity index (χ4n) is 4.59. The quantitative estimate of drug-likeness (QED) is 0.381. The molecule has 0 unspecified atom stereocenters. The van der Waals surface area contributed by atoms with Crippen LogP contribution in [0, 0.1) is 0 Å². The molecule has 1 aliphatic rings. The summed E-state index contributed by atoms with van der Waals surface area (Å²) in [5.74, 6) is 1.53. The first-order valence-corrected chi connectivity index (χ1v) is 13.6. The van der Waals surface area contributed by atoms with E-state index in [0.717, 1.165) is 24.8 Å². The smallest absolute Gasteiger partial charge is 0.258 e. The highest BCUT2D eigenvalue weighted by atomic mass is 32.1. The third-order valence-electron chi connectivity index (χ3n) is 6.57. The van der Waals surface area contributed by atoms with E-state index >= 15 is 0 Å². The van der Waals surface area contributed by atoms with Gasteiger partial charge in [0.15, 0.2) is 11.5 Å². The van der Waals surface area contributed by atoms with Gasteiger partial charge in [-0.25, -0.2) is 0 Å². The van der Waals surface area contributed by atoms with Crippen LogP contribution in [0.4, 0.5) is 0 Å². The summed E-state index contributed by atoms with van der Waals surface area (Å²) >= 11 is 1.65. The maximum atomic E-state index is 13.9. The Kier molecular flexibility index (Phi) is 9.48. The molecule has 1 saturated heterocycles. The van der Waals surface area contributed by atoms with Gasteiger partial charge < -0.3 is 29.2 Å². The van der Waals surface area contributed by atoms with Gasteiger partial charge in [-0.3, -0.25) is 9.59 Å². The topological polar surface area (TPSA) is 86.3 Å². The first kappa shape index (κ1) is 27.3. The van der Waals surface area contributed by atoms with Crippen molar-refractivity contribution in [1.82, 2.24) is 10.2 Å². The van der Waals surface area contributed by atoms with Crippen LogP contribution in [-0.4, -0.2) is 57.2 Å². The molecule has 2 heterocycles. The monoisotopic (exact) mass is 538 g/mol. The van der Waals surface area contributed by atoms with Gasteiger partial charge in [0.25, 0.3) is 5.91 Å². The summed E-state index contributed by atoms with van der Waals surface area (Å²) in [5, 5.41) is 7.09. The number of nitrogens with zero attached hydrogens (tertiary/aromatic N) is 1. The molecule has 1 aliphatic heterocycles. The van der Waals surface area contributed by atoms with E-state index in [0.29, 0.717) is 48.1 Å². The molecule has 3 aromatic rings. The molecular weight excluding hydrogens is 504 g/mol.